The number of benzene rings is 2. The Hall–Kier alpha value is -2.46. The first-order valence-electron chi connectivity index (χ1n) is 6.06. The zero-order valence-corrected chi connectivity index (χ0v) is 10.2. The number of rotatable bonds is 1. The lowest BCUT2D eigenvalue weighted by Crippen LogP contribution is -2.22. The topological polar surface area (TPSA) is 57.0 Å². The molecule has 0 unspecified atom stereocenters. The van der Waals surface area contributed by atoms with Crippen molar-refractivity contribution < 1.29 is 5.21 Å². The third kappa shape index (κ3) is 2.39. The summed E-state index contributed by atoms with van der Waals surface area (Å²) < 4.78 is 0. The molecule has 4 heteroatoms. The van der Waals surface area contributed by atoms with Crippen LogP contribution in [0.5, 0.6) is 0 Å². The van der Waals surface area contributed by atoms with Crippen LogP contribution in [0.15, 0.2) is 64.6 Å². The van der Waals surface area contributed by atoms with E-state index in [-0.39, 0.29) is 0 Å². The van der Waals surface area contributed by atoms with Gasteiger partial charge in [-0.3, -0.25) is 15.7 Å². The molecule has 2 N–H and O–H groups in total. The molecule has 0 spiro atoms. The van der Waals surface area contributed by atoms with Crippen LogP contribution in [-0.2, 0) is 0 Å². The summed E-state index contributed by atoms with van der Waals surface area (Å²) in [6.07, 6.45) is 0.467. The van der Waals surface area contributed by atoms with Gasteiger partial charge in [-0.1, -0.05) is 42.5 Å². The summed E-state index contributed by atoms with van der Waals surface area (Å²) in [6, 6.07) is 17.5. The summed E-state index contributed by atoms with van der Waals surface area (Å²) in [5, 5.41) is 9.17. The Labute approximate surface area is 111 Å². The fraction of sp³-hybridized carbons (Fsp3) is 0.0667. The first kappa shape index (κ1) is 11.6. The zero-order valence-electron chi connectivity index (χ0n) is 10.2. The highest BCUT2D eigenvalue weighted by atomic mass is 16.5. The third-order valence-electron chi connectivity index (χ3n) is 2.96. The summed E-state index contributed by atoms with van der Waals surface area (Å²) >= 11 is 0. The summed E-state index contributed by atoms with van der Waals surface area (Å²) in [6.45, 7) is 0. The highest BCUT2D eigenvalue weighted by Gasteiger charge is 2.13. The van der Waals surface area contributed by atoms with Crippen molar-refractivity contribution in [1.29, 1.82) is 0 Å². The van der Waals surface area contributed by atoms with Crippen molar-refractivity contribution in [2.24, 2.45) is 9.98 Å². The maximum atomic E-state index is 9.17. The van der Waals surface area contributed by atoms with Crippen LogP contribution >= 0.6 is 0 Å². The van der Waals surface area contributed by atoms with E-state index >= 15 is 0 Å². The Morgan fingerprint density at radius 3 is 2.16 bits per heavy atom. The molecule has 0 aromatic heterocycles. The van der Waals surface area contributed by atoms with E-state index in [9.17, 15) is 5.21 Å². The number of amidine groups is 1. The number of nitrogens with one attached hydrogen (secondary N) is 1. The van der Waals surface area contributed by atoms with Crippen molar-refractivity contribution in [3.05, 3.63) is 60.2 Å². The smallest absolute Gasteiger partial charge is 0.132 e. The maximum absolute atomic E-state index is 9.17. The van der Waals surface area contributed by atoms with E-state index < -0.39 is 0 Å². The summed E-state index contributed by atoms with van der Waals surface area (Å²) in [5.41, 5.74) is 5.63. The van der Waals surface area contributed by atoms with Gasteiger partial charge < -0.3 is 0 Å². The monoisotopic (exact) mass is 251 g/mol. The van der Waals surface area contributed by atoms with Crippen molar-refractivity contribution >= 4 is 22.9 Å². The quantitative estimate of drug-likeness (QED) is 0.764. The normalized spacial score (nSPS) is 13.9. The maximum Gasteiger partial charge on any atom is 0.132 e. The van der Waals surface area contributed by atoms with Gasteiger partial charge in [-0.05, 0) is 17.7 Å². The van der Waals surface area contributed by atoms with Crippen molar-refractivity contribution in [2.45, 2.75) is 6.42 Å². The van der Waals surface area contributed by atoms with Crippen LogP contribution in [0.1, 0.15) is 12.0 Å². The van der Waals surface area contributed by atoms with Crippen LogP contribution in [0.4, 0.5) is 11.4 Å². The van der Waals surface area contributed by atoms with Crippen molar-refractivity contribution in [2.75, 3.05) is 0 Å². The predicted octanol–water partition coefficient (Wildman–Crippen LogP) is 3.22. The molecular formula is C15H13N3O. The molecule has 0 atom stereocenters. The Kier molecular flexibility index (Phi) is 3.08. The van der Waals surface area contributed by atoms with Crippen LogP contribution in [0.2, 0.25) is 0 Å². The van der Waals surface area contributed by atoms with Crippen LogP contribution in [-0.4, -0.2) is 16.8 Å². The second-order valence-corrected chi connectivity index (χ2v) is 4.26. The lowest BCUT2D eigenvalue weighted by atomic mass is 10.1. The number of hydroxylamine groups is 1. The van der Waals surface area contributed by atoms with Gasteiger partial charge in [0.05, 0.1) is 23.5 Å². The molecule has 2 aromatic rings. The Morgan fingerprint density at radius 2 is 1.47 bits per heavy atom. The average Bonchev–Trinajstić information content (AvgIpc) is 2.67. The Bertz CT molecular complexity index is 647. The third-order valence-corrected chi connectivity index (χ3v) is 2.96. The number of para-hydroxylation sites is 2. The van der Waals surface area contributed by atoms with E-state index in [0.29, 0.717) is 12.3 Å². The fourth-order valence-electron chi connectivity index (χ4n) is 2.04. The Morgan fingerprint density at radius 1 is 0.842 bits per heavy atom. The predicted molar refractivity (Wildman–Crippen MR) is 75.7 cm³/mol. The molecule has 3 rings (SSSR count). The van der Waals surface area contributed by atoms with Gasteiger partial charge in [0.1, 0.15) is 5.84 Å². The molecule has 4 nitrogen and oxygen atoms in total. The van der Waals surface area contributed by atoms with Gasteiger partial charge in [-0.2, -0.15) is 0 Å². The van der Waals surface area contributed by atoms with E-state index in [2.05, 4.69) is 15.5 Å². The summed E-state index contributed by atoms with van der Waals surface area (Å²) in [7, 11) is 0. The number of fused-ring (bicyclic) bond motifs is 1. The molecule has 0 saturated carbocycles. The van der Waals surface area contributed by atoms with E-state index in [1.54, 1.807) is 0 Å². The molecule has 0 saturated heterocycles. The van der Waals surface area contributed by atoms with Crippen LogP contribution in [0, 0.1) is 0 Å². The molecule has 1 aliphatic heterocycles. The molecule has 19 heavy (non-hydrogen) atoms. The number of hydrogen-bond acceptors (Lipinski definition) is 4. The second-order valence-electron chi connectivity index (χ2n) is 4.26. The van der Waals surface area contributed by atoms with E-state index in [1.807, 2.05) is 54.6 Å². The van der Waals surface area contributed by atoms with Gasteiger partial charge >= 0.3 is 0 Å². The molecule has 2 aromatic carbocycles. The number of aliphatic imine (C=N–C) groups is 2. The molecule has 1 heterocycles. The second kappa shape index (κ2) is 5.04. The van der Waals surface area contributed by atoms with Gasteiger partial charge in [0.2, 0.25) is 0 Å². The van der Waals surface area contributed by atoms with Crippen LogP contribution in [0.3, 0.4) is 0 Å². The highest BCUT2D eigenvalue weighted by molar-refractivity contribution is 6.14. The molecule has 0 fully saturated rings. The molecule has 94 valence electrons. The van der Waals surface area contributed by atoms with Gasteiger partial charge in [0.25, 0.3) is 0 Å². The average molecular weight is 251 g/mol. The minimum absolute atomic E-state index is 0.467. The zero-order chi connectivity index (χ0) is 13.1. The van der Waals surface area contributed by atoms with Gasteiger partial charge in [0.15, 0.2) is 0 Å². The SMILES string of the molecule is ONC1=Nc2ccccc2N=C(c2ccccc2)C1. The van der Waals surface area contributed by atoms with Crippen molar-refractivity contribution in [3.8, 4) is 0 Å². The molecule has 0 bridgehead atoms. The van der Waals surface area contributed by atoms with Crippen LogP contribution < -0.4 is 5.48 Å². The minimum atomic E-state index is 0.467. The minimum Gasteiger partial charge on any atom is -0.290 e. The number of hydrogen-bond donors (Lipinski definition) is 2. The Balaban J connectivity index is 2.13. The van der Waals surface area contributed by atoms with E-state index in [1.165, 1.54) is 0 Å². The van der Waals surface area contributed by atoms with Crippen molar-refractivity contribution in [1.82, 2.24) is 5.48 Å². The highest BCUT2D eigenvalue weighted by Crippen LogP contribution is 2.30. The fourth-order valence-corrected chi connectivity index (χ4v) is 2.04. The van der Waals surface area contributed by atoms with E-state index in [4.69, 9.17) is 0 Å². The summed E-state index contributed by atoms with van der Waals surface area (Å²) in [5.74, 6) is 0.493. The molecule has 0 aliphatic carbocycles. The van der Waals surface area contributed by atoms with Crippen LogP contribution in [0.25, 0.3) is 0 Å². The van der Waals surface area contributed by atoms with Gasteiger partial charge in [-0.15, -0.1) is 0 Å². The van der Waals surface area contributed by atoms with Gasteiger partial charge in [0, 0.05) is 0 Å². The largest absolute Gasteiger partial charge is 0.290 e. The number of nitrogens with zero attached hydrogens (tertiary/aromatic N) is 2. The van der Waals surface area contributed by atoms with E-state index in [0.717, 1.165) is 22.6 Å². The standard InChI is InChI=1S/C15H13N3O/c19-18-15-10-14(11-6-2-1-3-7-11)16-12-8-4-5-9-13(12)17-15/h1-9,19H,10H2,(H,17,18). The van der Waals surface area contributed by atoms with Crippen molar-refractivity contribution in [3.63, 3.8) is 0 Å². The molecule has 0 amide bonds. The van der Waals surface area contributed by atoms with Gasteiger partial charge in [-0.25, -0.2) is 4.99 Å². The first-order chi connectivity index (χ1) is 9.36. The molecular weight excluding hydrogens is 238 g/mol. The molecule has 0 radical (unpaired) electrons. The summed E-state index contributed by atoms with van der Waals surface area (Å²) in [4.78, 5) is 9.03. The lowest BCUT2D eigenvalue weighted by Gasteiger charge is -2.05. The lowest BCUT2D eigenvalue weighted by molar-refractivity contribution is 0.233. The first-order valence-corrected chi connectivity index (χ1v) is 6.06. The molecule has 1 aliphatic rings.